The lowest BCUT2D eigenvalue weighted by molar-refractivity contribution is -0.275. The number of alkyl halides is 21. The van der Waals surface area contributed by atoms with Gasteiger partial charge in [0.05, 0.1) is 43.0 Å². The molecule has 4 aliphatic heterocycles. The van der Waals surface area contributed by atoms with Crippen molar-refractivity contribution in [1.82, 2.24) is 0 Å². The van der Waals surface area contributed by atoms with Gasteiger partial charge in [-0.25, -0.2) is 0 Å². The van der Waals surface area contributed by atoms with Crippen molar-refractivity contribution in [3.05, 3.63) is 234 Å². The number of hydrogen-bond acceptors (Lipinski definition) is 12. The second-order valence-electron chi connectivity index (χ2n) is 26.8. The largest absolute Gasteiger partial charge is 0.573 e. The maximum atomic E-state index is 13.5. The average Bonchev–Trinajstić information content (AvgIpc) is 1.63. The third-order valence-corrected chi connectivity index (χ3v) is 18.0. The summed E-state index contributed by atoms with van der Waals surface area (Å²) in [7, 11) is 0. The van der Waals surface area contributed by atoms with Gasteiger partial charge in [0.2, 0.25) is 0 Å². The van der Waals surface area contributed by atoms with Crippen LogP contribution in [0, 0.1) is 0 Å². The third-order valence-electron chi connectivity index (χ3n) is 18.0. The number of aliphatic hydroxyl groups excluding tert-OH is 2. The van der Waals surface area contributed by atoms with Gasteiger partial charge in [0.25, 0.3) is 0 Å². The fourth-order valence-electron chi connectivity index (χ4n) is 13.4. The van der Waals surface area contributed by atoms with Gasteiger partial charge in [-0.1, -0.05) is 117 Å². The number of β-amino-alcohol motifs (C(OH)–C–C–N with tert-alkyl or cyclic N) is 2. The Morgan fingerprint density at radius 3 is 1.00 bits per heavy atom. The SMILES string of the molecule is C.C[C@H](O)CN1c2cccc(-c3cccc(OC(F)(F)F)c3)c2CC[C@@H]1c1cccc(OC(F)(F)C(F)F)c1.C[C@H](O)CN1c2cccc(-c3cccc(OC(F)(F)F)c3)c2CC[C@H]1c1cccc(OC(F)(F)C(F)F)c1.C[C@H]1CO1.FC(F)C(F)(F)Oc1cccc(C2CCc3c(cccc3-c3cccc(OC(F)(F)F)c3)N2)c1. The first kappa shape index (κ1) is 88.5. The Morgan fingerprint density at radius 2 is 0.678 bits per heavy atom. The highest BCUT2D eigenvalue weighted by atomic mass is 19.4. The number of anilines is 3. The summed E-state index contributed by atoms with van der Waals surface area (Å²) in [5.41, 5.74) is 9.89. The van der Waals surface area contributed by atoms with E-state index in [1.807, 2.05) is 9.80 Å². The predicted octanol–water partition coefficient (Wildman–Crippen LogP) is 23.4. The zero-order valence-electron chi connectivity index (χ0n) is 60.2. The van der Waals surface area contributed by atoms with Crippen molar-refractivity contribution >= 4 is 17.1 Å². The van der Waals surface area contributed by atoms with Gasteiger partial charge < -0.3 is 58.5 Å². The van der Waals surface area contributed by atoms with Crippen molar-refractivity contribution in [3.8, 4) is 67.9 Å². The average molecular weight is 1650 g/mol. The summed E-state index contributed by atoms with van der Waals surface area (Å²) in [6.07, 6.45) is -38.5. The normalized spacial score (nSPS) is 17.2. The number of ether oxygens (including phenoxy) is 7. The molecule has 6 atom stereocenters. The number of epoxide rings is 1. The van der Waals surface area contributed by atoms with Crippen molar-refractivity contribution in [2.75, 3.05) is 34.8 Å². The Labute approximate surface area is 646 Å². The molecule has 4 aliphatic rings. The molecule has 12 nitrogen and oxygen atoms in total. The zero-order valence-corrected chi connectivity index (χ0v) is 60.2. The van der Waals surface area contributed by atoms with E-state index in [0.717, 1.165) is 46.7 Å². The van der Waals surface area contributed by atoms with Crippen molar-refractivity contribution in [2.45, 2.75) is 160 Å². The number of nitrogens with zero attached hydrogens (tertiary/aromatic N) is 2. The summed E-state index contributed by atoms with van der Waals surface area (Å²) in [6.45, 7) is 6.50. The van der Waals surface area contributed by atoms with E-state index in [4.69, 9.17) is 4.74 Å². The summed E-state index contributed by atoms with van der Waals surface area (Å²) in [4.78, 5) is 3.74. The molecular formula is C82H76F21N3O9. The molecule has 0 radical (unpaired) electrons. The molecule has 13 rings (SSSR count). The van der Waals surface area contributed by atoms with Gasteiger partial charge in [-0.3, -0.25) is 0 Å². The maximum Gasteiger partial charge on any atom is 0.573 e. The van der Waals surface area contributed by atoms with Gasteiger partial charge in [0.1, 0.15) is 34.5 Å². The number of hydrogen-bond donors (Lipinski definition) is 3. The van der Waals surface area contributed by atoms with Crippen molar-refractivity contribution < 1.29 is 136 Å². The molecule has 0 amide bonds. The first-order chi connectivity index (χ1) is 53.6. The van der Waals surface area contributed by atoms with Crippen molar-refractivity contribution in [2.24, 2.45) is 0 Å². The minimum Gasteiger partial charge on any atom is -0.428 e. The summed E-state index contributed by atoms with van der Waals surface area (Å²) < 4.78 is 300. The van der Waals surface area contributed by atoms with Gasteiger partial charge >= 0.3 is 56.7 Å². The molecule has 1 saturated heterocycles. The number of benzene rings is 9. The lowest BCUT2D eigenvalue weighted by Crippen LogP contribution is -2.38. The van der Waals surface area contributed by atoms with E-state index in [9.17, 15) is 102 Å². The predicted molar refractivity (Wildman–Crippen MR) is 387 cm³/mol. The van der Waals surface area contributed by atoms with E-state index in [-0.39, 0.29) is 49.6 Å². The molecule has 9 aromatic carbocycles. The van der Waals surface area contributed by atoms with Crippen LogP contribution in [0.4, 0.5) is 109 Å². The second kappa shape index (κ2) is 37.0. The summed E-state index contributed by atoms with van der Waals surface area (Å²) in [5, 5.41) is 23.7. The van der Waals surface area contributed by atoms with Crippen LogP contribution in [0.25, 0.3) is 33.4 Å². The maximum absolute atomic E-state index is 13.5. The molecular weight excluding hydrogens is 1570 g/mol. The van der Waals surface area contributed by atoms with E-state index in [1.54, 1.807) is 105 Å². The Hall–Kier alpha value is -10.4. The highest BCUT2D eigenvalue weighted by molar-refractivity contribution is 5.79. The fraction of sp³-hybridized carbons (Fsp3) is 0.341. The Morgan fingerprint density at radius 1 is 0.391 bits per heavy atom. The fourth-order valence-corrected chi connectivity index (χ4v) is 13.4. The van der Waals surface area contributed by atoms with Crippen LogP contribution in [0.1, 0.15) is 99.0 Å². The minimum absolute atomic E-state index is 0. The number of fused-ring (bicyclic) bond motifs is 3. The van der Waals surface area contributed by atoms with E-state index in [1.165, 1.54) is 97.1 Å². The van der Waals surface area contributed by atoms with Gasteiger partial charge in [-0.05, 0) is 217 Å². The first-order valence-corrected chi connectivity index (χ1v) is 35.2. The Balaban J connectivity index is 0.000000192. The lowest BCUT2D eigenvalue weighted by Gasteiger charge is -2.41. The molecule has 620 valence electrons. The van der Waals surface area contributed by atoms with Crippen LogP contribution in [-0.4, -0.2) is 105 Å². The zero-order chi connectivity index (χ0) is 82.8. The number of rotatable bonds is 22. The number of aliphatic hydroxyl groups is 2. The van der Waals surface area contributed by atoms with Crippen LogP contribution in [0.3, 0.4) is 0 Å². The van der Waals surface area contributed by atoms with Crippen LogP contribution in [-0.2, 0) is 24.0 Å². The number of halogens is 21. The molecule has 4 heterocycles. The highest BCUT2D eigenvalue weighted by Gasteiger charge is 2.47. The lowest BCUT2D eigenvalue weighted by atomic mass is 9.86. The topological polar surface area (TPSA) is 127 Å². The van der Waals surface area contributed by atoms with Crippen LogP contribution >= 0.6 is 0 Å². The molecule has 0 aromatic heterocycles. The van der Waals surface area contributed by atoms with E-state index in [2.05, 4.69) is 40.7 Å². The van der Waals surface area contributed by atoms with Crippen LogP contribution in [0.5, 0.6) is 34.5 Å². The van der Waals surface area contributed by atoms with Gasteiger partial charge in [0, 0.05) is 30.2 Å². The van der Waals surface area contributed by atoms with Crippen LogP contribution in [0.15, 0.2) is 200 Å². The van der Waals surface area contributed by atoms with E-state index >= 15 is 0 Å². The standard InChI is InChI=1S/2C27H24F7NO3.C24H18F7NO2.C3H6O.CH4/c2*1-16(36)15-35-23(18-6-3-7-19(14-18)37-26(30,31)25(28)29)12-11-22-21(9-4-10-24(22)35)17-5-2-8-20(13-17)38-27(32,33)34;25-22(26)23(27,28)33-16-6-2-5-15(13-16)20-11-10-19-18(8-3-9-21(19)32-20)14-4-1-7-17(12-14)34-24(29,30)31;1-3-2-4-3;/h2*2-10,13-14,16,23,25,36H,11-12,15H2,1H3;1-9,12-13,20,22,32H,10-11H2;3H,2H2,1H3;1H4/t16-,23+;16-,23-;;3-;/m00.0./s1. The van der Waals surface area contributed by atoms with Gasteiger partial charge in [0.15, 0.2) is 0 Å². The Kier molecular flexibility index (Phi) is 28.5. The van der Waals surface area contributed by atoms with Crippen LogP contribution < -0.4 is 43.5 Å². The van der Waals surface area contributed by atoms with Crippen LogP contribution in [0.2, 0.25) is 0 Å². The molecule has 0 aliphatic carbocycles. The molecule has 115 heavy (non-hydrogen) atoms. The first-order valence-electron chi connectivity index (χ1n) is 35.2. The second-order valence-corrected chi connectivity index (χ2v) is 26.8. The van der Waals surface area contributed by atoms with Crippen molar-refractivity contribution in [3.63, 3.8) is 0 Å². The van der Waals surface area contributed by atoms with Gasteiger partial charge in [-0.2, -0.15) is 52.7 Å². The molecule has 0 saturated carbocycles. The van der Waals surface area contributed by atoms with Gasteiger partial charge in [-0.15, -0.1) is 39.5 Å². The van der Waals surface area contributed by atoms with E-state index in [0.29, 0.717) is 101 Å². The minimum atomic E-state index is -4.84. The summed E-state index contributed by atoms with van der Waals surface area (Å²) >= 11 is 0. The molecule has 0 spiro atoms. The third kappa shape index (κ3) is 24.3. The van der Waals surface area contributed by atoms with E-state index < -0.39 is 92.5 Å². The quantitative estimate of drug-likeness (QED) is 0.0442. The molecule has 1 fully saturated rings. The molecule has 9 aromatic rings. The summed E-state index contributed by atoms with van der Waals surface area (Å²) in [5.74, 6) is -2.29. The monoisotopic (exact) mass is 1650 g/mol. The molecule has 33 heteroatoms. The molecule has 1 unspecified atom stereocenters. The highest BCUT2D eigenvalue weighted by Crippen LogP contribution is 2.48. The molecule has 3 N–H and O–H groups in total. The summed E-state index contributed by atoms with van der Waals surface area (Å²) in [6, 6.07) is 48.2. The smallest absolute Gasteiger partial charge is 0.428 e. The molecule has 0 bridgehead atoms. The Bertz CT molecular complexity index is 4500. The van der Waals surface area contributed by atoms with Crippen molar-refractivity contribution in [1.29, 1.82) is 0 Å². The number of nitrogens with one attached hydrogen (secondary N) is 1.